The smallest absolute Gasteiger partial charge is 0.308 e. The molecule has 0 aliphatic rings. The minimum Gasteiger partial charge on any atom is -0.493 e. The van der Waals surface area contributed by atoms with Gasteiger partial charge in [0.1, 0.15) is 11.2 Å². The minimum atomic E-state index is -0.495. The normalized spacial score (nSPS) is 11.2. The van der Waals surface area contributed by atoms with Crippen LogP contribution in [-0.2, 0) is 4.79 Å². The van der Waals surface area contributed by atoms with E-state index in [-0.39, 0.29) is 11.3 Å². The first kappa shape index (κ1) is 19.6. The molecule has 0 saturated heterocycles. The lowest BCUT2D eigenvalue weighted by molar-refractivity contribution is -0.132. The molecule has 0 atom stereocenters. The van der Waals surface area contributed by atoms with Gasteiger partial charge in [-0.2, -0.15) is 9.78 Å². The van der Waals surface area contributed by atoms with Gasteiger partial charge in [-0.25, -0.2) is 4.98 Å². The number of hydrogen-bond acceptors (Lipinski definition) is 8. The number of esters is 1. The lowest BCUT2D eigenvalue weighted by atomic mass is 10.2. The molecule has 0 aliphatic heterocycles. The summed E-state index contributed by atoms with van der Waals surface area (Å²) in [7, 11) is 2.90. The van der Waals surface area contributed by atoms with Gasteiger partial charge >= 0.3 is 5.97 Å². The fraction of sp³-hybridized carbons (Fsp3) is 0.263. The summed E-state index contributed by atoms with van der Waals surface area (Å²) in [5, 5.41) is 4.79. The third-order valence-electron chi connectivity index (χ3n) is 4.13. The lowest BCUT2D eigenvalue weighted by Gasteiger charge is -2.13. The molecule has 3 rings (SSSR count). The molecule has 2 aromatic heterocycles. The van der Waals surface area contributed by atoms with Crippen LogP contribution in [0.5, 0.6) is 17.2 Å². The molecule has 0 unspecified atom stereocenters. The summed E-state index contributed by atoms with van der Waals surface area (Å²) >= 11 is 1.48. The first-order chi connectivity index (χ1) is 13.3. The Morgan fingerprint density at radius 3 is 2.43 bits per heavy atom. The topological polar surface area (TPSA) is 92.0 Å². The number of fused-ring (bicyclic) bond motifs is 1. The summed E-state index contributed by atoms with van der Waals surface area (Å²) in [5.74, 6) is 0.298. The summed E-state index contributed by atoms with van der Waals surface area (Å²) in [6.45, 7) is 5.14. The Balaban J connectivity index is 2.04. The van der Waals surface area contributed by atoms with Crippen molar-refractivity contribution in [1.29, 1.82) is 0 Å². The van der Waals surface area contributed by atoms with Crippen LogP contribution in [0.2, 0.25) is 0 Å². The van der Waals surface area contributed by atoms with Gasteiger partial charge in [-0.1, -0.05) is 0 Å². The van der Waals surface area contributed by atoms with Crippen molar-refractivity contribution in [3.8, 4) is 17.2 Å². The van der Waals surface area contributed by atoms with E-state index < -0.39 is 5.97 Å². The molecule has 0 bridgehead atoms. The van der Waals surface area contributed by atoms with E-state index in [1.807, 2.05) is 13.8 Å². The van der Waals surface area contributed by atoms with Crippen molar-refractivity contribution in [3.63, 3.8) is 0 Å². The van der Waals surface area contributed by atoms with E-state index in [9.17, 15) is 9.59 Å². The van der Waals surface area contributed by atoms with Gasteiger partial charge in [0.05, 0.1) is 25.8 Å². The summed E-state index contributed by atoms with van der Waals surface area (Å²) in [6, 6.07) is 3.25. The van der Waals surface area contributed by atoms with Gasteiger partial charge in [-0.05, 0) is 31.5 Å². The number of aryl methyl sites for hydroxylation is 2. The maximum atomic E-state index is 12.7. The minimum absolute atomic E-state index is 0.180. The van der Waals surface area contributed by atoms with Crippen LogP contribution in [0.1, 0.15) is 22.9 Å². The second-order valence-corrected chi connectivity index (χ2v) is 7.15. The van der Waals surface area contributed by atoms with Crippen LogP contribution >= 0.6 is 11.3 Å². The van der Waals surface area contributed by atoms with Crippen molar-refractivity contribution in [1.82, 2.24) is 9.66 Å². The highest BCUT2D eigenvalue weighted by molar-refractivity contribution is 7.18. The Morgan fingerprint density at radius 2 is 1.86 bits per heavy atom. The standard InChI is InChI=1S/C19H19N3O5S/c1-10-11(2)28-18-16(10)19(24)22(9-20-18)21-8-13-6-14(25-4)17(27-12(3)23)15(7-13)26-5/h6-9H,1-5H3/b21-8+. The first-order valence-corrected chi connectivity index (χ1v) is 9.13. The number of thiophene rings is 1. The largest absolute Gasteiger partial charge is 0.493 e. The molecule has 1 aromatic carbocycles. The molecule has 0 N–H and O–H groups in total. The number of hydrogen-bond donors (Lipinski definition) is 0. The molecule has 8 nitrogen and oxygen atoms in total. The number of methoxy groups -OCH3 is 2. The number of ether oxygens (including phenoxy) is 3. The molecule has 0 spiro atoms. The molecule has 2 heterocycles. The Bertz CT molecular complexity index is 1120. The molecule has 28 heavy (non-hydrogen) atoms. The zero-order valence-corrected chi connectivity index (χ0v) is 16.9. The van der Waals surface area contributed by atoms with Crippen LogP contribution in [0, 0.1) is 13.8 Å². The lowest BCUT2D eigenvalue weighted by Crippen LogP contribution is -2.17. The van der Waals surface area contributed by atoms with Gasteiger partial charge in [0, 0.05) is 17.4 Å². The molecule has 0 saturated carbocycles. The Labute approximate surface area is 165 Å². The fourth-order valence-corrected chi connectivity index (χ4v) is 3.64. The third-order valence-corrected chi connectivity index (χ3v) is 5.25. The fourth-order valence-electron chi connectivity index (χ4n) is 2.66. The van der Waals surface area contributed by atoms with Crippen LogP contribution in [0.3, 0.4) is 0 Å². The van der Waals surface area contributed by atoms with E-state index in [2.05, 4.69) is 10.1 Å². The van der Waals surface area contributed by atoms with Gasteiger partial charge in [0.15, 0.2) is 11.5 Å². The van der Waals surface area contributed by atoms with E-state index in [0.29, 0.717) is 27.3 Å². The van der Waals surface area contributed by atoms with Crippen molar-refractivity contribution in [2.45, 2.75) is 20.8 Å². The van der Waals surface area contributed by atoms with Crippen LogP contribution in [0.4, 0.5) is 0 Å². The van der Waals surface area contributed by atoms with E-state index in [1.165, 1.54) is 49.7 Å². The third kappa shape index (κ3) is 3.61. The maximum Gasteiger partial charge on any atom is 0.308 e. The zero-order valence-electron chi connectivity index (χ0n) is 16.1. The number of carbonyl (C=O) groups is 1. The van der Waals surface area contributed by atoms with E-state index in [4.69, 9.17) is 14.2 Å². The monoisotopic (exact) mass is 401 g/mol. The highest BCUT2D eigenvalue weighted by Gasteiger charge is 2.16. The van der Waals surface area contributed by atoms with Crippen LogP contribution in [-0.4, -0.2) is 36.1 Å². The maximum absolute atomic E-state index is 12.7. The van der Waals surface area contributed by atoms with Gasteiger partial charge < -0.3 is 14.2 Å². The Morgan fingerprint density at radius 1 is 1.21 bits per heavy atom. The highest BCUT2D eigenvalue weighted by atomic mass is 32.1. The molecular formula is C19H19N3O5S. The van der Waals surface area contributed by atoms with Gasteiger partial charge in [0.2, 0.25) is 5.75 Å². The summed E-state index contributed by atoms with van der Waals surface area (Å²) < 4.78 is 16.9. The van der Waals surface area contributed by atoms with Gasteiger partial charge in [-0.3, -0.25) is 9.59 Å². The zero-order chi connectivity index (χ0) is 20.4. The molecule has 0 radical (unpaired) electrons. The second-order valence-electron chi connectivity index (χ2n) is 5.95. The first-order valence-electron chi connectivity index (χ1n) is 8.31. The Hall–Kier alpha value is -3.20. The SMILES string of the molecule is COc1cc(/C=N/n2cnc3sc(C)c(C)c3c2=O)cc(OC)c1OC(C)=O. The van der Waals surface area contributed by atoms with E-state index in [1.54, 1.807) is 12.1 Å². The average Bonchev–Trinajstić information content (AvgIpc) is 2.96. The van der Waals surface area contributed by atoms with Gasteiger partial charge in [-0.15, -0.1) is 11.3 Å². The number of aromatic nitrogens is 2. The van der Waals surface area contributed by atoms with Crippen molar-refractivity contribution >= 4 is 33.7 Å². The van der Waals surface area contributed by atoms with Crippen molar-refractivity contribution in [3.05, 3.63) is 44.8 Å². The van der Waals surface area contributed by atoms with Crippen LogP contribution < -0.4 is 19.8 Å². The van der Waals surface area contributed by atoms with E-state index >= 15 is 0 Å². The molecule has 0 amide bonds. The average molecular weight is 401 g/mol. The predicted octanol–water partition coefficient (Wildman–Crippen LogP) is 2.90. The second kappa shape index (κ2) is 7.81. The quantitative estimate of drug-likeness (QED) is 0.371. The Kier molecular flexibility index (Phi) is 5.46. The van der Waals surface area contributed by atoms with Crippen molar-refractivity contribution < 1.29 is 19.0 Å². The predicted molar refractivity (Wildman–Crippen MR) is 107 cm³/mol. The molecule has 146 valence electrons. The number of nitrogens with zero attached hydrogens (tertiary/aromatic N) is 3. The van der Waals surface area contributed by atoms with Gasteiger partial charge in [0.25, 0.3) is 5.56 Å². The van der Waals surface area contributed by atoms with Crippen molar-refractivity contribution in [2.24, 2.45) is 5.10 Å². The summed E-state index contributed by atoms with van der Waals surface area (Å²) in [6.07, 6.45) is 2.87. The van der Waals surface area contributed by atoms with Crippen molar-refractivity contribution in [2.75, 3.05) is 14.2 Å². The molecule has 0 aliphatic carbocycles. The molecule has 9 heteroatoms. The number of benzene rings is 1. The number of rotatable bonds is 5. The number of carbonyl (C=O) groups excluding carboxylic acids is 1. The van der Waals surface area contributed by atoms with Crippen LogP contribution in [0.25, 0.3) is 10.2 Å². The van der Waals surface area contributed by atoms with E-state index in [0.717, 1.165) is 10.4 Å². The molecule has 3 aromatic rings. The molecular weight excluding hydrogens is 382 g/mol. The van der Waals surface area contributed by atoms with Crippen LogP contribution in [0.15, 0.2) is 28.4 Å². The molecule has 0 fully saturated rings. The summed E-state index contributed by atoms with van der Waals surface area (Å²) in [4.78, 5) is 30.1. The summed E-state index contributed by atoms with van der Waals surface area (Å²) in [5.41, 5.74) is 1.27. The highest BCUT2D eigenvalue weighted by Crippen LogP contribution is 2.38.